The summed E-state index contributed by atoms with van der Waals surface area (Å²) in [5.74, 6) is 1.52. The number of hydrogen-bond donors (Lipinski definition) is 0. The van der Waals surface area contributed by atoms with Crippen LogP contribution >= 0.6 is 0 Å². The highest BCUT2D eigenvalue weighted by atomic mass is 16.2. The Labute approximate surface area is 213 Å². The molecule has 1 aliphatic carbocycles. The highest BCUT2D eigenvalue weighted by Crippen LogP contribution is 2.52. The van der Waals surface area contributed by atoms with Crippen molar-refractivity contribution in [3.63, 3.8) is 0 Å². The standard InChI is InChI=1S/C27H26N8O2/c1-15-28-12-18(13-29-15)23-32-22-21(30-14-31-24(22)34(23)3)17-7-8-20-19(11-17)27(26(37)33(20)2)9-4-10-35(27)25(36)16-5-6-16/h7-8,11-14,16H,4-6,9-10H2,1-3H3/t27-/m1/s1. The second-order valence-corrected chi connectivity index (χ2v) is 10.2. The second-order valence-electron chi connectivity index (χ2n) is 10.2. The van der Waals surface area contributed by atoms with E-state index in [0.29, 0.717) is 41.5 Å². The predicted octanol–water partition coefficient (Wildman–Crippen LogP) is 3.00. The summed E-state index contributed by atoms with van der Waals surface area (Å²) in [5.41, 5.74) is 4.42. The Hall–Kier alpha value is -4.21. The van der Waals surface area contributed by atoms with E-state index in [-0.39, 0.29) is 17.7 Å². The molecule has 7 rings (SSSR count). The van der Waals surface area contributed by atoms with Gasteiger partial charge in [-0.3, -0.25) is 9.59 Å². The lowest BCUT2D eigenvalue weighted by molar-refractivity contribution is -0.144. The molecule has 1 atom stereocenters. The van der Waals surface area contributed by atoms with Gasteiger partial charge in [-0.15, -0.1) is 0 Å². The molecule has 2 aliphatic heterocycles. The van der Waals surface area contributed by atoms with Gasteiger partial charge in [0.2, 0.25) is 5.91 Å². The van der Waals surface area contributed by atoms with Crippen molar-refractivity contribution in [2.24, 2.45) is 13.0 Å². The Morgan fingerprint density at radius 2 is 1.84 bits per heavy atom. The molecule has 3 aromatic heterocycles. The van der Waals surface area contributed by atoms with Crippen molar-refractivity contribution in [2.75, 3.05) is 18.5 Å². The SMILES string of the molecule is Cc1ncc(-c2nc3c(-c4ccc5c(c4)[C@]4(CCCN4C(=O)C4CC4)C(=O)N5C)ncnc3n2C)cn1. The maximum atomic E-state index is 13.7. The van der Waals surface area contributed by atoms with Gasteiger partial charge >= 0.3 is 0 Å². The molecule has 2 fully saturated rings. The molecular weight excluding hydrogens is 468 g/mol. The molecule has 1 aromatic carbocycles. The Balaban J connectivity index is 1.38. The van der Waals surface area contributed by atoms with Crippen LogP contribution in [-0.2, 0) is 22.2 Å². The Morgan fingerprint density at radius 1 is 1.05 bits per heavy atom. The number of hydrogen-bond acceptors (Lipinski definition) is 7. The minimum Gasteiger partial charge on any atom is -0.324 e. The van der Waals surface area contributed by atoms with Crippen molar-refractivity contribution >= 4 is 28.7 Å². The third kappa shape index (κ3) is 3.01. The van der Waals surface area contributed by atoms with Crippen LogP contribution in [0.2, 0.25) is 0 Å². The fourth-order valence-corrected chi connectivity index (χ4v) is 5.96. The van der Waals surface area contributed by atoms with E-state index in [1.54, 1.807) is 24.3 Å². The summed E-state index contributed by atoms with van der Waals surface area (Å²) < 4.78 is 1.91. The largest absolute Gasteiger partial charge is 0.324 e. The first-order chi connectivity index (χ1) is 17.9. The molecule has 186 valence electrons. The van der Waals surface area contributed by atoms with Crippen molar-refractivity contribution in [1.29, 1.82) is 0 Å². The summed E-state index contributed by atoms with van der Waals surface area (Å²) in [6.07, 6.45) is 8.30. The van der Waals surface area contributed by atoms with Gasteiger partial charge in [-0.1, -0.05) is 6.07 Å². The number of carbonyl (C=O) groups is 2. The summed E-state index contributed by atoms with van der Waals surface area (Å²) in [6, 6.07) is 5.95. The van der Waals surface area contributed by atoms with Crippen molar-refractivity contribution in [1.82, 2.24) is 34.4 Å². The van der Waals surface area contributed by atoms with Crippen LogP contribution in [0.15, 0.2) is 36.9 Å². The average molecular weight is 495 g/mol. The Morgan fingerprint density at radius 3 is 2.59 bits per heavy atom. The van der Waals surface area contributed by atoms with Gasteiger partial charge in [0.15, 0.2) is 5.65 Å². The second kappa shape index (κ2) is 7.64. The number of aryl methyl sites for hydroxylation is 2. The lowest BCUT2D eigenvalue weighted by Gasteiger charge is -2.34. The van der Waals surface area contributed by atoms with Crippen LogP contribution in [0, 0.1) is 12.8 Å². The summed E-state index contributed by atoms with van der Waals surface area (Å²) in [5, 5.41) is 0. The maximum Gasteiger partial charge on any atom is 0.257 e. The Bertz CT molecular complexity index is 1610. The lowest BCUT2D eigenvalue weighted by Crippen LogP contribution is -2.51. The number of aromatic nitrogens is 6. The molecule has 0 bridgehead atoms. The van der Waals surface area contributed by atoms with Crippen molar-refractivity contribution < 1.29 is 9.59 Å². The van der Waals surface area contributed by atoms with Gasteiger partial charge in [0, 0.05) is 55.8 Å². The van der Waals surface area contributed by atoms with Crippen LogP contribution in [-0.4, -0.2) is 59.8 Å². The van der Waals surface area contributed by atoms with Crippen LogP contribution in [0.1, 0.15) is 37.1 Å². The van der Waals surface area contributed by atoms with Crippen LogP contribution in [0.3, 0.4) is 0 Å². The van der Waals surface area contributed by atoms with Gasteiger partial charge in [0.05, 0.1) is 5.56 Å². The first kappa shape index (κ1) is 22.0. The third-order valence-corrected chi connectivity index (χ3v) is 8.00. The van der Waals surface area contributed by atoms with Gasteiger partial charge in [0.25, 0.3) is 5.91 Å². The number of amides is 2. The molecule has 1 saturated heterocycles. The maximum absolute atomic E-state index is 13.7. The monoisotopic (exact) mass is 494 g/mol. The van der Waals surface area contributed by atoms with E-state index < -0.39 is 5.54 Å². The fraction of sp³-hybridized carbons (Fsp3) is 0.370. The quantitative estimate of drug-likeness (QED) is 0.431. The summed E-state index contributed by atoms with van der Waals surface area (Å²) in [4.78, 5) is 53.1. The molecule has 1 spiro atoms. The van der Waals surface area contributed by atoms with Crippen molar-refractivity contribution in [3.8, 4) is 22.6 Å². The lowest BCUT2D eigenvalue weighted by atomic mass is 9.86. The first-order valence-corrected chi connectivity index (χ1v) is 12.6. The van der Waals surface area contributed by atoms with Gasteiger partial charge in [-0.25, -0.2) is 24.9 Å². The fourth-order valence-electron chi connectivity index (χ4n) is 5.96. The number of imidazole rings is 1. The highest BCUT2D eigenvalue weighted by Gasteiger charge is 2.58. The van der Waals surface area contributed by atoms with Crippen LogP contribution < -0.4 is 4.90 Å². The van der Waals surface area contributed by atoms with E-state index in [0.717, 1.165) is 41.6 Å². The number of likely N-dealkylation sites (tertiary alicyclic amines) is 1. The zero-order chi connectivity index (χ0) is 25.5. The third-order valence-electron chi connectivity index (χ3n) is 8.00. The summed E-state index contributed by atoms with van der Waals surface area (Å²) in [6.45, 7) is 2.45. The molecule has 4 aromatic rings. The summed E-state index contributed by atoms with van der Waals surface area (Å²) >= 11 is 0. The van der Waals surface area contributed by atoms with Crippen LogP contribution in [0.25, 0.3) is 33.8 Å². The molecular formula is C27H26N8O2. The molecule has 1 saturated carbocycles. The number of anilines is 1. The number of likely N-dealkylation sites (N-methyl/N-ethyl adjacent to an activating group) is 1. The van der Waals surface area contributed by atoms with Gasteiger partial charge < -0.3 is 14.4 Å². The number of nitrogens with zero attached hydrogens (tertiary/aromatic N) is 8. The first-order valence-electron chi connectivity index (χ1n) is 12.6. The number of fused-ring (bicyclic) bond motifs is 3. The number of benzene rings is 1. The molecule has 0 radical (unpaired) electrons. The molecule has 10 heteroatoms. The predicted molar refractivity (Wildman–Crippen MR) is 136 cm³/mol. The Kier molecular flexibility index (Phi) is 4.55. The molecule has 5 heterocycles. The zero-order valence-electron chi connectivity index (χ0n) is 21.0. The molecule has 10 nitrogen and oxygen atoms in total. The van der Waals surface area contributed by atoms with Gasteiger partial charge in [-0.2, -0.15) is 0 Å². The van der Waals surface area contributed by atoms with Crippen LogP contribution in [0.5, 0.6) is 0 Å². The summed E-state index contributed by atoms with van der Waals surface area (Å²) in [7, 11) is 3.71. The molecule has 0 N–H and O–H groups in total. The van der Waals surface area contributed by atoms with E-state index in [4.69, 9.17) is 4.98 Å². The zero-order valence-corrected chi connectivity index (χ0v) is 21.0. The van der Waals surface area contributed by atoms with Crippen LogP contribution in [0.4, 0.5) is 5.69 Å². The van der Waals surface area contributed by atoms with Gasteiger partial charge in [0.1, 0.15) is 34.7 Å². The van der Waals surface area contributed by atoms with E-state index in [9.17, 15) is 9.59 Å². The molecule has 3 aliphatic rings. The minimum absolute atomic E-state index is 0.0292. The highest BCUT2D eigenvalue weighted by molar-refractivity contribution is 6.10. The van der Waals surface area contributed by atoms with E-state index in [2.05, 4.69) is 19.9 Å². The average Bonchev–Trinajstić information content (AvgIpc) is 3.54. The number of carbonyl (C=O) groups excluding carboxylic acids is 2. The van der Waals surface area contributed by atoms with E-state index in [1.807, 2.05) is 41.6 Å². The molecule has 37 heavy (non-hydrogen) atoms. The molecule has 0 unspecified atom stereocenters. The van der Waals surface area contributed by atoms with E-state index >= 15 is 0 Å². The minimum atomic E-state index is -0.944. The smallest absolute Gasteiger partial charge is 0.257 e. The topological polar surface area (TPSA) is 110 Å². The normalized spacial score (nSPS) is 20.9. The van der Waals surface area contributed by atoms with E-state index in [1.165, 1.54) is 6.33 Å². The van der Waals surface area contributed by atoms with Gasteiger partial charge in [-0.05, 0) is 44.7 Å². The molecule has 2 amide bonds. The van der Waals surface area contributed by atoms with Crippen molar-refractivity contribution in [2.45, 2.75) is 38.1 Å². The number of rotatable bonds is 3. The van der Waals surface area contributed by atoms with Crippen molar-refractivity contribution in [3.05, 3.63) is 48.3 Å².